The van der Waals surface area contributed by atoms with Crippen LogP contribution in [0.3, 0.4) is 0 Å². The maximum absolute atomic E-state index is 11.5. The molecular weight excluding hydrogens is 202 g/mol. The van der Waals surface area contributed by atoms with Crippen LogP contribution in [0.25, 0.3) is 0 Å². The van der Waals surface area contributed by atoms with Crippen molar-refractivity contribution in [3.05, 3.63) is 0 Å². The Hall–Kier alpha value is -0.770. The van der Waals surface area contributed by atoms with Gasteiger partial charge in [-0.25, -0.2) is 4.79 Å². The van der Waals surface area contributed by atoms with E-state index in [0.717, 1.165) is 38.8 Å². The summed E-state index contributed by atoms with van der Waals surface area (Å²) in [4.78, 5) is 13.6. The monoisotopic (exact) mass is 227 g/mol. The van der Waals surface area contributed by atoms with Crippen molar-refractivity contribution < 1.29 is 4.79 Å². The number of rotatable bonds is 6. The van der Waals surface area contributed by atoms with Gasteiger partial charge >= 0.3 is 6.03 Å². The Morgan fingerprint density at radius 2 is 1.94 bits per heavy atom. The second kappa shape index (κ2) is 7.49. The standard InChI is InChI=1S/C12H25N3O/c1-15(2)10-6-5-9-13-12(16)14-11-7-3-4-8-11/h11H,3-10H2,1-2H3,(H2,13,14,16). The van der Waals surface area contributed by atoms with Gasteiger partial charge in [0, 0.05) is 12.6 Å². The molecular formula is C12H25N3O. The number of carbonyl (C=O) groups is 1. The van der Waals surface area contributed by atoms with Crippen molar-refractivity contribution in [3.8, 4) is 0 Å². The molecule has 1 fully saturated rings. The van der Waals surface area contributed by atoms with Gasteiger partial charge in [-0.15, -0.1) is 0 Å². The van der Waals surface area contributed by atoms with Crippen LogP contribution in [-0.4, -0.2) is 44.2 Å². The molecule has 94 valence electrons. The third-order valence-electron chi connectivity index (χ3n) is 3.01. The average molecular weight is 227 g/mol. The molecule has 1 saturated carbocycles. The Morgan fingerprint density at radius 3 is 2.56 bits per heavy atom. The largest absolute Gasteiger partial charge is 0.338 e. The highest BCUT2D eigenvalue weighted by Gasteiger charge is 2.16. The van der Waals surface area contributed by atoms with Crippen LogP contribution in [0, 0.1) is 0 Å². The number of hydrogen-bond donors (Lipinski definition) is 2. The molecule has 2 amide bonds. The van der Waals surface area contributed by atoms with Crippen molar-refractivity contribution in [2.45, 2.75) is 44.6 Å². The third-order valence-corrected chi connectivity index (χ3v) is 3.01. The van der Waals surface area contributed by atoms with E-state index in [1.54, 1.807) is 0 Å². The molecule has 0 atom stereocenters. The summed E-state index contributed by atoms with van der Waals surface area (Å²) in [5.41, 5.74) is 0. The molecule has 0 spiro atoms. The Labute approximate surface area is 98.8 Å². The molecule has 0 aromatic carbocycles. The van der Waals surface area contributed by atoms with E-state index in [1.807, 2.05) is 0 Å². The summed E-state index contributed by atoms with van der Waals surface area (Å²) >= 11 is 0. The summed E-state index contributed by atoms with van der Waals surface area (Å²) in [6.07, 6.45) is 7.00. The zero-order valence-electron chi connectivity index (χ0n) is 10.6. The lowest BCUT2D eigenvalue weighted by Crippen LogP contribution is -2.41. The first kappa shape index (κ1) is 13.3. The zero-order chi connectivity index (χ0) is 11.8. The fourth-order valence-corrected chi connectivity index (χ4v) is 2.06. The number of amides is 2. The Bertz CT molecular complexity index is 200. The van der Waals surface area contributed by atoms with Gasteiger partial charge in [-0.3, -0.25) is 0 Å². The Morgan fingerprint density at radius 1 is 1.25 bits per heavy atom. The van der Waals surface area contributed by atoms with Gasteiger partial charge in [-0.05, 0) is 46.3 Å². The molecule has 0 radical (unpaired) electrons. The van der Waals surface area contributed by atoms with Gasteiger partial charge in [-0.2, -0.15) is 0 Å². The number of urea groups is 1. The highest BCUT2D eigenvalue weighted by Crippen LogP contribution is 2.17. The van der Waals surface area contributed by atoms with Gasteiger partial charge in [0.1, 0.15) is 0 Å². The maximum Gasteiger partial charge on any atom is 0.315 e. The predicted octanol–water partition coefficient (Wildman–Crippen LogP) is 1.57. The lowest BCUT2D eigenvalue weighted by Gasteiger charge is -2.13. The molecule has 0 aromatic heterocycles. The summed E-state index contributed by atoms with van der Waals surface area (Å²) in [7, 11) is 4.14. The van der Waals surface area contributed by atoms with E-state index < -0.39 is 0 Å². The maximum atomic E-state index is 11.5. The molecule has 4 nitrogen and oxygen atoms in total. The summed E-state index contributed by atoms with van der Waals surface area (Å²) in [6, 6.07) is 0.429. The van der Waals surface area contributed by atoms with Gasteiger partial charge < -0.3 is 15.5 Å². The smallest absolute Gasteiger partial charge is 0.315 e. The lowest BCUT2D eigenvalue weighted by atomic mass is 10.2. The molecule has 16 heavy (non-hydrogen) atoms. The second-order valence-electron chi connectivity index (χ2n) is 4.89. The van der Waals surface area contributed by atoms with E-state index in [0.29, 0.717) is 6.04 Å². The minimum atomic E-state index is 0.0109. The fraction of sp³-hybridized carbons (Fsp3) is 0.917. The molecule has 4 heteroatoms. The number of carbonyl (C=O) groups excluding carboxylic acids is 1. The molecule has 0 unspecified atom stereocenters. The van der Waals surface area contributed by atoms with E-state index in [1.165, 1.54) is 12.8 Å². The van der Waals surface area contributed by atoms with Crippen LogP contribution in [0.5, 0.6) is 0 Å². The highest BCUT2D eigenvalue weighted by molar-refractivity contribution is 5.74. The van der Waals surface area contributed by atoms with E-state index >= 15 is 0 Å². The molecule has 1 aliphatic rings. The quantitative estimate of drug-likeness (QED) is 0.677. The summed E-state index contributed by atoms with van der Waals surface area (Å²) in [5.74, 6) is 0. The molecule has 0 aromatic rings. The molecule has 2 N–H and O–H groups in total. The fourth-order valence-electron chi connectivity index (χ4n) is 2.06. The number of nitrogens with zero attached hydrogens (tertiary/aromatic N) is 1. The summed E-state index contributed by atoms with van der Waals surface area (Å²) in [6.45, 7) is 1.87. The second-order valence-corrected chi connectivity index (χ2v) is 4.89. The van der Waals surface area contributed by atoms with Crippen LogP contribution in [0.2, 0.25) is 0 Å². The van der Waals surface area contributed by atoms with Gasteiger partial charge in [-0.1, -0.05) is 12.8 Å². The molecule has 0 bridgehead atoms. The Balaban J connectivity index is 1.93. The van der Waals surface area contributed by atoms with Crippen molar-refractivity contribution in [2.24, 2.45) is 0 Å². The zero-order valence-corrected chi connectivity index (χ0v) is 10.6. The SMILES string of the molecule is CN(C)CCCCNC(=O)NC1CCCC1. The minimum absolute atomic E-state index is 0.0109. The van der Waals surface area contributed by atoms with Crippen molar-refractivity contribution in [2.75, 3.05) is 27.2 Å². The Kier molecular flexibility index (Phi) is 6.23. The van der Waals surface area contributed by atoms with Crippen LogP contribution in [0.15, 0.2) is 0 Å². The lowest BCUT2D eigenvalue weighted by molar-refractivity contribution is 0.236. The van der Waals surface area contributed by atoms with Gasteiger partial charge in [0.25, 0.3) is 0 Å². The molecule has 0 aliphatic heterocycles. The van der Waals surface area contributed by atoms with Crippen LogP contribution in [-0.2, 0) is 0 Å². The van der Waals surface area contributed by atoms with Crippen LogP contribution in [0.4, 0.5) is 4.79 Å². The van der Waals surface area contributed by atoms with Gasteiger partial charge in [0.2, 0.25) is 0 Å². The van der Waals surface area contributed by atoms with E-state index in [2.05, 4.69) is 29.6 Å². The molecule has 1 aliphatic carbocycles. The summed E-state index contributed by atoms with van der Waals surface area (Å²) in [5, 5.41) is 5.93. The first-order valence-electron chi connectivity index (χ1n) is 6.37. The third kappa shape index (κ3) is 5.95. The normalized spacial score (nSPS) is 16.7. The number of unbranched alkanes of at least 4 members (excludes halogenated alkanes) is 1. The highest BCUT2D eigenvalue weighted by atomic mass is 16.2. The first-order valence-corrected chi connectivity index (χ1v) is 6.37. The molecule has 0 heterocycles. The number of nitrogens with one attached hydrogen (secondary N) is 2. The van der Waals surface area contributed by atoms with E-state index in [-0.39, 0.29) is 6.03 Å². The van der Waals surface area contributed by atoms with Crippen molar-refractivity contribution in [1.29, 1.82) is 0 Å². The van der Waals surface area contributed by atoms with E-state index in [4.69, 9.17) is 0 Å². The molecule has 1 rings (SSSR count). The topological polar surface area (TPSA) is 44.4 Å². The van der Waals surface area contributed by atoms with Crippen LogP contribution in [0.1, 0.15) is 38.5 Å². The van der Waals surface area contributed by atoms with Crippen molar-refractivity contribution >= 4 is 6.03 Å². The van der Waals surface area contributed by atoms with Gasteiger partial charge in [0.15, 0.2) is 0 Å². The van der Waals surface area contributed by atoms with Gasteiger partial charge in [0.05, 0.1) is 0 Å². The van der Waals surface area contributed by atoms with Crippen molar-refractivity contribution in [3.63, 3.8) is 0 Å². The van der Waals surface area contributed by atoms with Crippen LogP contribution >= 0.6 is 0 Å². The minimum Gasteiger partial charge on any atom is -0.338 e. The average Bonchev–Trinajstić information content (AvgIpc) is 2.69. The number of hydrogen-bond acceptors (Lipinski definition) is 2. The summed E-state index contributed by atoms with van der Waals surface area (Å²) < 4.78 is 0. The first-order chi connectivity index (χ1) is 7.68. The predicted molar refractivity (Wildman–Crippen MR) is 66.6 cm³/mol. The van der Waals surface area contributed by atoms with Crippen molar-refractivity contribution in [1.82, 2.24) is 15.5 Å². The van der Waals surface area contributed by atoms with Crippen LogP contribution < -0.4 is 10.6 Å². The van der Waals surface area contributed by atoms with E-state index in [9.17, 15) is 4.79 Å². The molecule has 0 saturated heterocycles.